The molecule has 0 aliphatic carbocycles. The maximum atomic E-state index is 8.81. The number of nitrogens with two attached hydrogens (primary N) is 1. The van der Waals surface area contributed by atoms with Crippen molar-refractivity contribution in [3.8, 4) is 0 Å². The first-order valence-electron chi connectivity index (χ1n) is 7.59. The SMILES string of the molecule is Cc1cc(/C(N)=N/O)nc(N2CCCC(C(C)C)CC2)n1. The van der Waals surface area contributed by atoms with Crippen LogP contribution in [0.15, 0.2) is 11.2 Å². The van der Waals surface area contributed by atoms with Gasteiger partial charge in [0.2, 0.25) is 5.95 Å². The van der Waals surface area contributed by atoms with Gasteiger partial charge in [0.05, 0.1) is 0 Å². The van der Waals surface area contributed by atoms with E-state index in [4.69, 9.17) is 10.9 Å². The van der Waals surface area contributed by atoms with E-state index >= 15 is 0 Å². The molecule has 1 fully saturated rings. The number of aromatic nitrogens is 2. The lowest BCUT2D eigenvalue weighted by Gasteiger charge is -2.22. The van der Waals surface area contributed by atoms with Crippen LogP contribution in [-0.4, -0.2) is 34.1 Å². The first kappa shape index (κ1) is 15.5. The lowest BCUT2D eigenvalue weighted by molar-refractivity contribution is 0.318. The van der Waals surface area contributed by atoms with Crippen LogP contribution in [0.5, 0.6) is 0 Å². The van der Waals surface area contributed by atoms with Crippen LogP contribution in [0.2, 0.25) is 0 Å². The van der Waals surface area contributed by atoms with E-state index in [1.165, 1.54) is 6.42 Å². The van der Waals surface area contributed by atoms with Gasteiger partial charge in [-0.25, -0.2) is 9.97 Å². The Balaban J connectivity index is 2.20. The Morgan fingerprint density at radius 1 is 1.38 bits per heavy atom. The molecule has 0 radical (unpaired) electrons. The molecule has 6 heteroatoms. The molecular formula is C15H25N5O. The van der Waals surface area contributed by atoms with E-state index in [1.54, 1.807) is 6.07 Å². The van der Waals surface area contributed by atoms with Gasteiger partial charge in [-0.2, -0.15) is 0 Å². The number of aryl methyl sites for hydroxylation is 1. The van der Waals surface area contributed by atoms with E-state index in [0.29, 0.717) is 11.6 Å². The van der Waals surface area contributed by atoms with Crippen molar-refractivity contribution >= 4 is 11.8 Å². The van der Waals surface area contributed by atoms with Gasteiger partial charge in [-0.1, -0.05) is 19.0 Å². The van der Waals surface area contributed by atoms with E-state index in [1.807, 2.05) is 6.92 Å². The van der Waals surface area contributed by atoms with Crippen LogP contribution in [0.25, 0.3) is 0 Å². The second kappa shape index (κ2) is 6.74. The Morgan fingerprint density at radius 2 is 2.14 bits per heavy atom. The summed E-state index contributed by atoms with van der Waals surface area (Å²) in [6, 6.07) is 1.73. The fourth-order valence-electron chi connectivity index (χ4n) is 2.87. The molecule has 0 saturated carbocycles. The molecule has 1 unspecified atom stereocenters. The summed E-state index contributed by atoms with van der Waals surface area (Å²) in [5, 5.41) is 11.8. The fourth-order valence-corrected chi connectivity index (χ4v) is 2.87. The lowest BCUT2D eigenvalue weighted by atomic mass is 9.89. The largest absolute Gasteiger partial charge is 0.409 e. The predicted octanol–water partition coefficient (Wildman–Crippen LogP) is 2.14. The van der Waals surface area contributed by atoms with Crippen LogP contribution in [0, 0.1) is 18.8 Å². The smallest absolute Gasteiger partial charge is 0.226 e. The molecule has 116 valence electrons. The van der Waals surface area contributed by atoms with Crippen molar-refractivity contribution in [2.24, 2.45) is 22.7 Å². The van der Waals surface area contributed by atoms with Crippen LogP contribution >= 0.6 is 0 Å². The highest BCUT2D eigenvalue weighted by molar-refractivity contribution is 5.95. The van der Waals surface area contributed by atoms with Crippen molar-refractivity contribution in [1.29, 1.82) is 0 Å². The number of hydrogen-bond donors (Lipinski definition) is 2. The Morgan fingerprint density at radius 3 is 2.81 bits per heavy atom. The number of amidine groups is 1. The molecule has 21 heavy (non-hydrogen) atoms. The first-order chi connectivity index (χ1) is 10.0. The van der Waals surface area contributed by atoms with E-state index in [9.17, 15) is 0 Å². The minimum Gasteiger partial charge on any atom is -0.409 e. The normalized spacial score (nSPS) is 20.7. The average Bonchev–Trinajstić information content (AvgIpc) is 2.71. The van der Waals surface area contributed by atoms with E-state index < -0.39 is 0 Å². The summed E-state index contributed by atoms with van der Waals surface area (Å²) >= 11 is 0. The molecule has 0 spiro atoms. The average molecular weight is 291 g/mol. The molecule has 2 rings (SSSR count). The zero-order chi connectivity index (χ0) is 15.4. The van der Waals surface area contributed by atoms with Gasteiger partial charge in [-0.15, -0.1) is 0 Å². The topological polar surface area (TPSA) is 87.6 Å². The standard InChI is InChI=1S/C15H25N5O/c1-10(2)12-5-4-7-20(8-6-12)15-17-11(3)9-13(18-15)14(16)19-21/h9-10,12,21H,4-8H2,1-3H3,(H2,16,19). The van der Waals surface area contributed by atoms with Crippen molar-refractivity contribution in [3.63, 3.8) is 0 Å². The molecule has 3 N–H and O–H groups in total. The van der Waals surface area contributed by atoms with Crippen molar-refractivity contribution in [2.45, 2.75) is 40.0 Å². The summed E-state index contributed by atoms with van der Waals surface area (Å²) in [7, 11) is 0. The van der Waals surface area contributed by atoms with Crippen LogP contribution in [0.3, 0.4) is 0 Å². The summed E-state index contributed by atoms with van der Waals surface area (Å²) < 4.78 is 0. The number of hydrogen-bond acceptors (Lipinski definition) is 5. The van der Waals surface area contributed by atoms with Gasteiger partial charge >= 0.3 is 0 Å². The molecule has 1 atom stereocenters. The van der Waals surface area contributed by atoms with Gasteiger partial charge in [0.15, 0.2) is 5.84 Å². The summed E-state index contributed by atoms with van der Waals surface area (Å²) in [4.78, 5) is 11.2. The number of nitrogens with zero attached hydrogens (tertiary/aromatic N) is 4. The predicted molar refractivity (Wildman–Crippen MR) is 83.7 cm³/mol. The highest BCUT2D eigenvalue weighted by Crippen LogP contribution is 2.26. The maximum absolute atomic E-state index is 8.81. The molecule has 0 amide bonds. The third-order valence-corrected chi connectivity index (χ3v) is 4.21. The Labute approximate surface area is 126 Å². The Bertz CT molecular complexity index is 515. The van der Waals surface area contributed by atoms with Gasteiger partial charge in [-0.3, -0.25) is 0 Å². The van der Waals surface area contributed by atoms with Crippen LogP contribution in [0.1, 0.15) is 44.5 Å². The van der Waals surface area contributed by atoms with Crippen LogP contribution in [-0.2, 0) is 0 Å². The van der Waals surface area contributed by atoms with Gasteiger partial charge in [-0.05, 0) is 44.1 Å². The molecule has 6 nitrogen and oxygen atoms in total. The van der Waals surface area contributed by atoms with Crippen molar-refractivity contribution < 1.29 is 5.21 Å². The number of oxime groups is 1. The third-order valence-electron chi connectivity index (χ3n) is 4.21. The van der Waals surface area contributed by atoms with Crippen molar-refractivity contribution in [3.05, 3.63) is 17.5 Å². The highest BCUT2D eigenvalue weighted by atomic mass is 16.4. The number of anilines is 1. The molecule has 1 saturated heterocycles. The summed E-state index contributed by atoms with van der Waals surface area (Å²) in [5.41, 5.74) is 6.95. The maximum Gasteiger partial charge on any atom is 0.226 e. The molecule has 2 heterocycles. The molecular weight excluding hydrogens is 266 g/mol. The van der Waals surface area contributed by atoms with E-state index in [-0.39, 0.29) is 5.84 Å². The number of rotatable bonds is 3. The van der Waals surface area contributed by atoms with Gasteiger partial charge < -0.3 is 15.8 Å². The van der Waals surface area contributed by atoms with E-state index in [2.05, 4.69) is 33.9 Å². The minimum absolute atomic E-state index is 0.0247. The first-order valence-corrected chi connectivity index (χ1v) is 7.59. The Hall–Kier alpha value is -1.85. The van der Waals surface area contributed by atoms with Crippen LogP contribution < -0.4 is 10.6 Å². The molecule has 1 aliphatic rings. The third kappa shape index (κ3) is 3.83. The van der Waals surface area contributed by atoms with Gasteiger partial charge in [0, 0.05) is 18.8 Å². The Kier molecular flexibility index (Phi) is 4.98. The molecule has 0 bridgehead atoms. The molecule has 0 aromatic carbocycles. The molecule has 1 aliphatic heterocycles. The zero-order valence-corrected chi connectivity index (χ0v) is 13.1. The minimum atomic E-state index is 0.0247. The van der Waals surface area contributed by atoms with Crippen molar-refractivity contribution in [1.82, 2.24) is 9.97 Å². The summed E-state index contributed by atoms with van der Waals surface area (Å²) in [6.45, 7) is 8.40. The fraction of sp³-hybridized carbons (Fsp3) is 0.667. The quantitative estimate of drug-likeness (QED) is 0.385. The van der Waals surface area contributed by atoms with Gasteiger partial charge in [0.1, 0.15) is 5.69 Å². The second-order valence-electron chi connectivity index (χ2n) is 6.10. The summed E-state index contributed by atoms with van der Waals surface area (Å²) in [6.07, 6.45) is 3.57. The highest BCUT2D eigenvalue weighted by Gasteiger charge is 2.21. The van der Waals surface area contributed by atoms with Crippen LogP contribution in [0.4, 0.5) is 5.95 Å². The molecule has 1 aromatic rings. The van der Waals surface area contributed by atoms with Gasteiger partial charge in [0.25, 0.3) is 0 Å². The summed E-state index contributed by atoms with van der Waals surface area (Å²) in [5.74, 6) is 2.19. The second-order valence-corrected chi connectivity index (χ2v) is 6.10. The molecule has 1 aromatic heterocycles. The zero-order valence-electron chi connectivity index (χ0n) is 13.1. The van der Waals surface area contributed by atoms with E-state index in [0.717, 1.165) is 43.5 Å². The lowest BCUT2D eigenvalue weighted by Crippen LogP contribution is -2.28. The monoisotopic (exact) mass is 291 g/mol. The van der Waals surface area contributed by atoms with Crippen molar-refractivity contribution in [2.75, 3.05) is 18.0 Å².